The van der Waals surface area contributed by atoms with Crippen molar-refractivity contribution in [2.45, 2.75) is 39.5 Å². The van der Waals surface area contributed by atoms with Crippen LogP contribution in [0.15, 0.2) is 4.52 Å². The van der Waals surface area contributed by atoms with Crippen molar-refractivity contribution in [2.24, 2.45) is 5.92 Å². The predicted molar refractivity (Wildman–Crippen MR) is 52.3 cm³/mol. The molecule has 1 aliphatic rings. The maximum Gasteiger partial charge on any atom is 0.168 e. The van der Waals surface area contributed by atoms with E-state index in [1.54, 1.807) is 0 Å². The van der Waals surface area contributed by atoms with E-state index in [-0.39, 0.29) is 5.78 Å². The Bertz CT molecular complexity index is 352. The number of aryl methyl sites for hydroxylation is 1. The largest absolute Gasteiger partial charge is 0.360 e. The van der Waals surface area contributed by atoms with Crippen molar-refractivity contribution in [2.75, 3.05) is 0 Å². The summed E-state index contributed by atoms with van der Waals surface area (Å²) >= 11 is 0. The number of carbonyl (C=O) groups is 1. The third kappa shape index (κ3) is 1.59. The molecular weight excluding hydrogens is 178 g/mol. The number of ketones is 1. The monoisotopic (exact) mass is 193 g/mol. The Morgan fingerprint density at radius 2 is 2.21 bits per heavy atom. The van der Waals surface area contributed by atoms with Gasteiger partial charge in [-0.2, -0.15) is 0 Å². The van der Waals surface area contributed by atoms with Crippen LogP contribution in [-0.4, -0.2) is 10.9 Å². The highest BCUT2D eigenvalue weighted by atomic mass is 16.5. The maximum absolute atomic E-state index is 11.6. The molecule has 1 aliphatic carbocycles. The lowest BCUT2D eigenvalue weighted by atomic mass is 9.92. The zero-order valence-corrected chi connectivity index (χ0v) is 8.67. The van der Waals surface area contributed by atoms with Gasteiger partial charge in [0.15, 0.2) is 5.78 Å². The Hall–Kier alpha value is -1.12. The van der Waals surface area contributed by atoms with Gasteiger partial charge < -0.3 is 4.52 Å². The van der Waals surface area contributed by atoms with Gasteiger partial charge in [-0.15, -0.1) is 0 Å². The molecule has 0 radical (unpaired) electrons. The normalized spacial score (nSPS) is 16.1. The standard InChI is InChI=1S/C11H15NO2/c1-7(2)6-8-11-9(13)4-3-5-10(11)14-12-8/h7H,3-6H2,1-2H3. The summed E-state index contributed by atoms with van der Waals surface area (Å²) in [6.45, 7) is 4.24. The van der Waals surface area contributed by atoms with E-state index in [1.165, 1.54) is 0 Å². The zero-order chi connectivity index (χ0) is 10.1. The molecule has 1 heterocycles. The quantitative estimate of drug-likeness (QED) is 0.724. The molecule has 14 heavy (non-hydrogen) atoms. The Morgan fingerprint density at radius 1 is 1.43 bits per heavy atom. The first-order valence-electron chi connectivity index (χ1n) is 5.19. The second-order valence-corrected chi connectivity index (χ2v) is 4.30. The summed E-state index contributed by atoms with van der Waals surface area (Å²) in [5.41, 5.74) is 1.64. The smallest absolute Gasteiger partial charge is 0.168 e. The van der Waals surface area contributed by atoms with Crippen molar-refractivity contribution in [3.8, 4) is 0 Å². The topological polar surface area (TPSA) is 43.1 Å². The highest BCUT2D eigenvalue weighted by Gasteiger charge is 2.26. The summed E-state index contributed by atoms with van der Waals surface area (Å²) in [6, 6.07) is 0. The summed E-state index contributed by atoms with van der Waals surface area (Å²) < 4.78 is 5.19. The fraction of sp³-hybridized carbons (Fsp3) is 0.636. The second-order valence-electron chi connectivity index (χ2n) is 4.30. The highest BCUT2D eigenvalue weighted by Crippen LogP contribution is 2.25. The van der Waals surface area contributed by atoms with E-state index in [0.29, 0.717) is 12.3 Å². The first-order chi connectivity index (χ1) is 6.68. The molecule has 0 aromatic carbocycles. The van der Waals surface area contributed by atoms with Crippen LogP contribution in [0.3, 0.4) is 0 Å². The molecule has 1 aromatic heterocycles. The number of rotatable bonds is 2. The molecule has 0 aliphatic heterocycles. The van der Waals surface area contributed by atoms with Gasteiger partial charge in [0, 0.05) is 12.8 Å². The number of carbonyl (C=O) groups excluding carboxylic acids is 1. The van der Waals surface area contributed by atoms with Crippen molar-refractivity contribution < 1.29 is 9.32 Å². The molecule has 2 rings (SSSR count). The summed E-state index contributed by atoms with van der Waals surface area (Å²) in [5, 5.41) is 3.99. The minimum absolute atomic E-state index is 0.211. The summed E-state index contributed by atoms with van der Waals surface area (Å²) in [6.07, 6.45) is 3.26. The van der Waals surface area contributed by atoms with E-state index in [4.69, 9.17) is 4.52 Å². The molecule has 0 spiro atoms. The lowest BCUT2D eigenvalue weighted by molar-refractivity contribution is 0.0968. The van der Waals surface area contributed by atoms with Crippen molar-refractivity contribution in [3.63, 3.8) is 0 Å². The first-order valence-corrected chi connectivity index (χ1v) is 5.19. The van der Waals surface area contributed by atoms with Gasteiger partial charge in [-0.3, -0.25) is 4.79 Å². The molecular formula is C11H15NO2. The maximum atomic E-state index is 11.6. The lowest BCUT2D eigenvalue weighted by Crippen LogP contribution is -2.11. The number of hydrogen-bond acceptors (Lipinski definition) is 3. The minimum atomic E-state index is 0.211. The number of Topliss-reactive ketones (excluding diaryl/α,β-unsaturated/α-hetero) is 1. The fourth-order valence-electron chi connectivity index (χ4n) is 1.91. The minimum Gasteiger partial charge on any atom is -0.360 e. The van der Waals surface area contributed by atoms with Crippen LogP contribution in [0.2, 0.25) is 0 Å². The number of fused-ring (bicyclic) bond motifs is 1. The molecule has 0 unspecified atom stereocenters. The molecule has 0 bridgehead atoms. The molecule has 0 fully saturated rings. The van der Waals surface area contributed by atoms with Crippen LogP contribution in [0.1, 0.15) is 48.5 Å². The molecule has 0 atom stereocenters. The van der Waals surface area contributed by atoms with Crippen LogP contribution in [0, 0.1) is 5.92 Å². The third-order valence-electron chi connectivity index (χ3n) is 2.52. The van der Waals surface area contributed by atoms with Gasteiger partial charge in [0.05, 0.1) is 11.3 Å². The Kier molecular flexibility index (Phi) is 2.40. The van der Waals surface area contributed by atoms with Crippen LogP contribution in [0.25, 0.3) is 0 Å². The van der Waals surface area contributed by atoms with Gasteiger partial charge in [0.25, 0.3) is 0 Å². The number of aromatic nitrogens is 1. The predicted octanol–water partition coefficient (Wildman–Crippen LogP) is 2.39. The van der Waals surface area contributed by atoms with Gasteiger partial charge in [0.1, 0.15) is 5.76 Å². The molecule has 0 saturated heterocycles. The highest BCUT2D eigenvalue weighted by molar-refractivity contribution is 5.98. The van der Waals surface area contributed by atoms with Gasteiger partial charge in [-0.25, -0.2) is 0 Å². The fourth-order valence-corrected chi connectivity index (χ4v) is 1.91. The van der Waals surface area contributed by atoms with Crippen LogP contribution in [0.4, 0.5) is 0 Å². The van der Waals surface area contributed by atoms with Gasteiger partial charge in [0.2, 0.25) is 0 Å². The van der Waals surface area contributed by atoms with E-state index >= 15 is 0 Å². The average Bonchev–Trinajstić information content (AvgIpc) is 2.49. The average molecular weight is 193 g/mol. The third-order valence-corrected chi connectivity index (χ3v) is 2.52. The van der Waals surface area contributed by atoms with E-state index in [9.17, 15) is 4.79 Å². The van der Waals surface area contributed by atoms with Gasteiger partial charge in [-0.05, 0) is 18.8 Å². The Labute approximate surface area is 83.5 Å². The zero-order valence-electron chi connectivity index (χ0n) is 8.67. The van der Waals surface area contributed by atoms with E-state index in [1.807, 2.05) is 0 Å². The molecule has 0 saturated carbocycles. The van der Waals surface area contributed by atoms with Crippen molar-refractivity contribution >= 4 is 5.78 Å². The van der Waals surface area contributed by atoms with E-state index in [2.05, 4.69) is 19.0 Å². The summed E-state index contributed by atoms with van der Waals surface area (Å²) in [7, 11) is 0. The Balaban J connectivity index is 2.33. The van der Waals surface area contributed by atoms with Crippen LogP contribution < -0.4 is 0 Å². The molecule has 76 valence electrons. The van der Waals surface area contributed by atoms with E-state index < -0.39 is 0 Å². The van der Waals surface area contributed by atoms with Crippen LogP contribution >= 0.6 is 0 Å². The first kappa shape index (κ1) is 9.44. The van der Waals surface area contributed by atoms with Crippen molar-refractivity contribution in [3.05, 3.63) is 17.0 Å². The molecule has 0 amide bonds. The lowest BCUT2D eigenvalue weighted by Gasteiger charge is -2.08. The molecule has 3 heteroatoms. The molecule has 3 nitrogen and oxygen atoms in total. The SMILES string of the molecule is CC(C)Cc1noc2c1C(=O)CCC2. The van der Waals surface area contributed by atoms with Crippen LogP contribution in [0.5, 0.6) is 0 Å². The summed E-state index contributed by atoms with van der Waals surface area (Å²) in [5.74, 6) is 1.53. The van der Waals surface area contributed by atoms with E-state index in [0.717, 1.165) is 36.3 Å². The van der Waals surface area contributed by atoms with Crippen molar-refractivity contribution in [1.29, 1.82) is 0 Å². The van der Waals surface area contributed by atoms with Gasteiger partial charge in [-0.1, -0.05) is 19.0 Å². The van der Waals surface area contributed by atoms with Crippen molar-refractivity contribution in [1.82, 2.24) is 5.16 Å². The summed E-state index contributed by atoms with van der Waals surface area (Å²) in [4.78, 5) is 11.6. The molecule has 1 aromatic rings. The molecule has 0 N–H and O–H groups in total. The van der Waals surface area contributed by atoms with Gasteiger partial charge >= 0.3 is 0 Å². The Morgan fingerprint density at radius 3 is 2.93 bits per heavy atom. The van der Waals surface area contributed by atoms with Crippen LogP contribution in [-0.2, 0) is 12.8 Å². The second kappa shape index (κ2) is 3.56. The number of nitrogens with zero attached hydrogens (tertiary/aromatic N) is 1. The number of hydrogen-bond donors (Lipinski definition) is 0.